The summed E-state index contributed by atoms with van der Waals surface area (Å²) in [6, 6.07) is 3.35. The van der Waals surface area contributed by atoms with Crippen LogP contribution in [0.2, 0.25) is 0 Å². The molecular weight excluding hydrogens is 220 g/mol. The summed E-state index contributed by atoms with van der Waals surface area (Å²) in [4.78, 5) is 11.6. The molecule has 0 saturated heterocycles. The summed E-state index contributed by atoms with van der Waals surface area (Å²) in [5.74, 6) is 1.49. The van der Waals surface area contributed by atoms with Crippen LogP contribution in [-0.4, -0.2) is 12.7 Å². The maximum absolute atomic E-state index is 11.6. The second-order valence-electron chi connectivity index (χ2n) is 4.44. The van der Waals surface area contributed by atoms with Crippen molar-refractivity contribution in [2.24, 2.45) is 5.92 Å². The minimum atomic E-state index is -0.0504. The van der Waals surface area contributed by atoms with Crippen LogP contribution in [0.3, 0.4) is 0 Å². The smallest absolute Gasteiger partial charge is 0.231 e. The highest BCUT2D eigenvalue weighted by Crippen LogP contribution is 2.38. The number of carbonyl (C=O) groups is 1. The first-order valence-corrected chi connectivity index (χ1v) is 5.55. The van der Waals surface area contributed by atoms with E-state index in [9.17, 15) is 4.79 Å². The molecule has 1 amide bonds. The molecule has 1 aromatic carbocycles. The number of ether oxygens (including phenoxy) is 2. The molecule has 0 aliphatic carbocycles. The maximum Gasteiger partial charge on any atom is 0.231 e. The van der Waals surface area contributed by atoms with E-state index in [-0.39, 0.29) is 12.7 Å². The van der Waals surface area contributed by atoms with Crippen molar-refractivity contribution < 1.29 is 14.3 Å². The fourth-order valence-electron chi connectivity index (χ4n) is 1.64. The minimum absolute atomic E-state index is 0.0504. The fourth-order valence-corrected chi connectivity index (χ4v) is 1.64. The molecule has 0 unspecified atom stereocenters. The highest BCUT2D eigenvalue weighted by molar-refractivity contribution is 5.94. The van der Waals surface area contributed by atoms with Gasteiger partial charge in [-0.1, -0.05) is 13.8 Å². The number of amides is 1. The van der Waals surface area contributed by atoms with Gasteiger partial charge in [0.15, 0.2) is 11.5 Å². The molecule has 1 aliphatic rings. The van der Waals surface area contributed by atoms with Crippen LogP contribution >= 0.6 is 0 Å². The molecule has 2 rings (SSSR count). The van der Waals surface area contributed by atoms with Gasteiger partial charge in [-0.2, -0.15) is 0 Å². The molecule has 3 N–H and O–H groups in total. The number of rotatable bonds is 3. The molecule has 0 atom stereocenters. The second kappa shape index (κ2) is 4.53. The van der Waals surface area contributed by atoms with Crippen LogP contribution in [-0.2, 0) is 4.79 Å². The van der Waals surface area contributed by atoms with Gasteiger partial charge < -0.3 is 20.5 Å². The highest BCUT2D eigenvalue weighted by Gasteiger charge is 2.17. The van der Waals surface area contributed by atoms with Gasteiger partial charge in [0.05, 0.1) is 11.4 Å². The predicted octanol–water partition coefficient (Wildman–Crippen LogP) is 1.98. The number of anilines is 2. The van der Waals surface area contributed by atoms with Gasteiger partial charge in [-0.15, -0.1) is 0 Å². The van der Waals surface area contributed by atoms with Gasteiger partial charge in [0, 0.05) is 18.6 Å². The Labute approximate surface area is 99.9 Å². The summed E-state index contributed by atoms with van der Waals surface area (Å²) < 4.78 is 10.4. The van der Waals surface area contributed by atoms with Crippen molar-refractivity contribution >= 4 is 17.3 Å². The van der Waals surface area contributed by atoms with Crippen LogP contribution in [0.25, 0.3) is 0 Å². The fraction of sp³-hybridized carbons (Fsp3) is 0.417. The van der Waals surface area contributed by atoms with Crippen molar-refractivity contribution in [2.75, 3.05) is 17.8 Å². The van der Waals surface area contributed by atoms with E-state index < -0.39 is 0 Å². The number of hydrogen-bond donors (Lipinski definition) is 2. The highest BCUT2D eigenvalue weighted by atomic mass is 16.7. The summed E-state index contributed by atoms with van der Waals surface area (Å²) in [6.45, 7) is 4.17. The van der Waals surface area contributed by atoms with Crippen LogP contribution in [0, 0.1) is 5.92 Å². The lowest BCUT2D eigenvalue weighted by Gasteiger charge is -2.10. The predicted molar refractivity (Wildman–Crippen MR) is 65.1 cm³/mol. The maximum atomic E-state index is 11.6. The van der Waals surface area contributed by atoms with E-state index in [1.54, 1.807) is 12.1 Å². The zero-order chi connectivity index (χ0) is 12.4. The number of hydrogen-bond acceptors (Lipinski definition) is 4. The zero-order valence-corrected chi connectivity index (χ0v) is 9.95. The summed E-state index contributed by atoms with van der Waals surface area (Å²) in [6.07, 6.45) is 0.466. The zero-order valence-electron chi connectivity index (χ0n) is 9.95. The van der Waals surface area contributed by atoms with E-state index in [0.717, 1.165) is 0 Å². The van der Waals surface area contributed by atoms with Crippen molar-refractivity contribution in [1.82, 2.24) is 0 Å². The van der Waals surface area contributed by atoms with E-state index in [2.05, 4.69) is 5.32 Å². The van der Waals surface area contributed by atoms with Crippen LogP contribution < -0.4 is 20.5 Å². The van der Waals surface area contributed by atoms with Gasteiger partial charge in [0.1, 0.15) is 0 Å². The van der Waals surface area contributed by atoms with E-state index in [1.807, 2.05) is 13.8 Å². The summed E-state index contributed by atoms with van der Waals surface area (Å²) in [7, 11) is 0. The van der Waals surface area contributed by atoms with Gasteiger partial charge in [0.2, 0.25) is 12.7 Å². The van der Waals surface area contributed by atoms with Crippen molar-refractivity contribution in [3.8, 4) is 11.5 Å². The normalized spacial score (nSPS) is 12.9. The molecule has 5 nitrogen and oxygen atoms in total. The molecule has 17 heavy (non-hydrogen) atoms. The molecule has 0 bridgehead atoms. The quantitative estimate of drug-likeness (QED) is 0.787. The molecule has 0 fully saturated rings. The monoisotopic (exact) mass is 236 g/mol. The van der Waals surface area contributed by atoms with Crippen LogP contribution in [0.1, 0.15) is 20.3 Å². The SMILES string of the molecule is CC(C)CC(=O)Nc1cc2c(cc1N)OCO2. The van der Waals surface area contributed by atoms with Crippen molar-refractivity contribution in [2.45, 2.75) is 20.3 Å². The van der Waals surface area contributed by atoms with Crippen LogP contribution in [0.15, 0.2) is 12.1 Å². The van der Waals surface area contributed by atoms with E-state index >= 15 is 0 Å². The van der Waals surface area contributed by atoms with Gasteiger partial charge in [-0.05, 0) is 5.92 Å². The third kappa shape index (κ3) is 2.61. The molecule has 0 saturated carbocycles. The average molecular weight is 236 g/mol. The Bertz CT molecular complexity index is 444. The Kier molecular flexibility index (Phi) is 3.08. The number of nitrogen functional groups attached to an aromatic ring is 1. The molecule has 0 spiro atoms. The van der Waals surface area contributed by atoms with E-state index in [1.165, 1.54) is 0 Å². The lowest BCUT2D eigenvalue weighted by atomic mass is 10.1. The molecule has 1 aromatic rings. The van der Waals surface area contributed by atoms with Gasteiger partial charge in [0.25, 0.3) is 0 Å². The van der Waals surface area contributed by atoms with Crippen LogP contribution in [0.5, 0.6) is 11.5 Å². The van der Waals surface area contributed by atoms with E-state index in [4.69, 9.17) is 15.2 Å². The number of carbonyl (C=O) groups excluding carboxylic acids is 1. The molecule has 0 radical (unpaired) electrons. The molecule has 92 valence electrons. The summed E-state index contributed by atoms with van der Waals surface area (Å²) >= 11 is 0. The lowest BCUT2D eigenvalue weighted by Crippen LogP contribution is -2.14. The summed E-state index contributed by atoms with van der Waals surface area (Å²) in [5.41, 5.74) is 6.87. The average Bonchev–Trinajstić information content (AvgIpc) is 2.63. The Morgan fingerprint density at radius 2 is 2.06 bits per heavy atom. The minimum Gasteiger partial charge on any atom is -0.454 e. The molecule has 5 heteroatoms. The molecule has 1 heterocycles. The standard InChI is InChI=1S/C12H16N2O3/c1-7(2)3-12(15)14-9-5-11-10(4-8(9)13)16-6-17-11/h4-5,7H,3,6,13H2,1-2H3,(H,14,15). The first-order valence-electron chi connectivity index (χ1n) is 5.55. The second-order valence-corrected chi connectivity index (χ2v) is 4.44. The van der Waals surface area contributed by atoms with Crippen molar-refractivity contribution in [1.29, 1.82) is 0 Å². The molecule has 1 aliphatic heterocycles. The molecule has 0 aromatic heterocycles. The Balaban J connectivity index is 2.13. The lowest BCUT2D eigenvalue weighted by molar-refractivity contribution is -0.116. The number of benzene rings is 1. The number of fused-ring (bicyclic) bond motifs is 1. The van der Waals surface area contributed by atoms with E-state index in [0.29, 0.717) is 35.2 Å². The van der Waals surface area contributed by atoms with Crippen molar-refractivity contribution in [3.63, 3.8) is 0 Å². The Hall–Kier alpha value is -1.91. The van der Waals surface area contributed by atoms with Gasteiger partial charge in [-0.25, -0.2) is 0 Å². The number of nitrogens with two attached hydrogens (primary N) is 1. The summed E-state index contributed by atoms with van der Waals surface area (Å²) in [5, 5.41) is 2.77. The largest absolute Gasteiger partial charge is 0.454 e. The first kappa shape index (κ1) is 11.6. The Morgan fingerprint density at radius 1 is 1.41 bits per heavy atom. The van der Waals surface area contributed by atoms with Gasteiger partial charge in [-0.3, -0.25) is 4.79 Å². The van der Waals surface area contributed by atoms with Crippen molar-refractivity contribution in [3.05, 3.63) is 12.1 Å². The third-order valence-corrected chi connectivity index (χ3v) is 2.41. The molecular formula is C12H16N2O3. The Morgan fingerprint density at radius 3 is 2.71 bits per heavy atom. The third-order valence-electron chi connectivity index (χ3n) is 2.41. The van der Waals surface area contributed by atoms with Crippen LogP contribution in [0.4, 0.5) is 11.4 Å². The number of nitrogens with one attached hydrogen (secondary N) is 1. The topological polar surface area (TPSA) is 73.6 Å². The first-order chi connectivity index (χ1) is 8.06. The van der Waals surface area contributed by atoms with Gasteiger partial charge >= 0.3 is 0 Å².